The van der Waals surface area contributed by atoms with Gasteiger partial charge >= 0.3 is 5.97 Å². The number of carboxylic acids is 1. The summed E-state index contributed by atoms with van der Waals surface area (Å²) in [6, 6.07) is 0. The second-order valence-corrected chi connectivity index (χ2v) is 4.03. The Morgan fingerprint density at radius 2 is 2.00 bits per heavy atom. The zero-order valence-electron chi connectivity index (χ0n) is 9.55. The van der Waals surface area contributed by atoms with Crippen molar-refractivity contribution in [2.45, 2.75) is 52.9 Å². The topological polar surface area (TPSA) is 37.3 Å². The molecule has 0 heterocycles. The highest BCUT2D eigenvalue weighted by atomic mass is 16.4. The zero-order valence-corrected chi connectivity index (χ0v) is 9.55. The lowest BCUT2D eigenvalue weighted by Crippen LogP contribution is -2.24. The average Bonchev–Trinajstić information content (AvgIpc) is 2.13. The molecular weight excluding hydrogens is 176 g/mol. The summed E-state index contributed by atoms with van der Waals surface area (Å²) in [7, 11) is 0. The molecular formula is C12H22O2. The molecule has 2 heteroatoms. The van der Waals surface area contributed by atoms with Gasteiger partial charge in [0, 0.05) is 0 Å². The van der Waals surface area contributed by atoms with E-state index in [4.69, 9.17) is 5.11 Å². The van der Waals surface area contributed by atoms with E-state index in [1.807, 2.05) is 13.0 Å². The molecule has 82 valence electrons. The number of rotatable bonds is 7. The molecule has 0 aliphatic heterocycles. The second kappa shape index (κ2) is 6.63. The first-order valence-electron chi connectivity index (χ1n) is 5.44. The van der Waals surface area contributed by atoms with E-state index in [1.165, 1.54) is 12.8 Å². The Morgan fingerprint density at radius 1 is 1.36 bits per heavy atom. The minimum Gasteiger partial charge on any atom is -0.481 e. The molecule has 0 aromatic heterocycles. The van der Waals surface area contributed by atoms with Crippen molar-refractivity contribution in [1.29, 1.82) is 0 Å². The SMILES string of the molecule is C/C=C/C(C)(CCCCCC)C(=O)O. The van der Waals surface area contributed by atoms with Gasteiger partial charge in [-0.15, -0.1) is 0 Å². The molecule has 0 fully saturated rings. The largest absolute Gasteiger partial charge is 0.481 e. The standard InChI is InChI=1S/C12H22O2/c1-4-6-7-8-10-12(3,9-5-2)11(13)14/h5,9H,4,6-8,10H2,1-3H3,(H,13,14)/b9-5+. The Hall–Kier alpha value is -0.790. The van der Waals surface area contributed by atoms with E-state index in [9.17, 15) is 4.79 Å². The smallest absolute Gasteiger partial charge is 0.313 e. The van der Waals surface area contributed by atoms with Gasteiger partial charge in [0.05, 0.1) is 5.41 Å². The molecule has 0 amide bonds. The van der Waals surface area contributed by atoms with E-state index >= 15 is 0 Å². The molecule has 0 aromatic rings. The van der Waals surface area contributed by atoms with E-state index in [0.717, 1.165) is 19.3 Å². The molecule has 0 saturated carbocycles. The maximum absolute atomic E-state index is 11.0. The molecule has 1 N–H and O–H groups in total. The molecule has 0 bridgehead atoms. The molecule has 2 nitrogen and oxygen atoms in total. The van der Waals surface area contributed by atoms with Crippen molar-refractivity contribution in [2.75, 3.05) is 0 Å². The maximum atomic E-state index is 11.0. The number of unbranched alkanes of at least 4 members (excludes halogenated alkanes) is 3. The third-order valence-electron chi connectivity index (χ3n) is 2.57. The highest BCUT2D eigenvalue weighted by molar-refractivity contribution is 5.76. The summed E-state index contributed by atoms with van der Waals surface area (Å²) in [6.45, 7) is 5.82. The van der Waals surface area contributed by atoms with Crippen molar-refractivity contribution in [2.24, 2.45) is 5.41 Å². The highest BCUT2D eigenvalue weighted by Gasteiger charge is 2.28. The lowest BCUT2D eigenvalue weighted by atomic mass is 9.84. The monoisotopic (exact) mass is 198 g/mol. The van der Waals surface area contributed by atoms with Crippen molar-refractivity contribution < 1.29 is 9.90 Å². The summed E-state index contributed by atoms with van der Waals surface area (Å²) in [5.41, 5.74) is -0.664. The molecule has 0 aromatic carbocycles. The van der Waals surface area contributed by atoms with E-state index in [0.29, 0.717) is 0 Å². The average molecular weight is 198 g/mol. The zero-order chi connectivity index (χ0) is 11.0. The lowest BCUT2D eigenvalue weighted by Gasteiger charge is -2.20. The Kier molecular flexibility index (Phi) is 6.26. The number of carbonyl (C=O) groups is 1. The summed E-state index contributed by atoms with van der Waals surface area (Å²) in [5.74, 6) is -0.716. The van der Waals surface area contributed by atoms with Crippen LogP contribution in [0.3, 0.4) is 0 Å². The summed E-state index contributed by atoms with van der Waals surface area (Å²) in [5, 5.41) is 9.07. The van der Waals surface area contributed by atoms with Crippen LogP contribution in [0.25, 0.3) is 0 Å². The van der Waals surface area contributed by atoms with Crippen molar-refractivity contribution in [1.82, 2.24) is 0 Å². The van der Waals surface area contributed by atoms with Gasteiger partial charge in [-0.2, -0.15) is 0 Å². The lowest BCUT2D eigenvalue weighted by molar-refractivity contribution is -0.145. The predicted molar refractivity (Wildman–Crippen MR) is 59.3 cm³/mol. The number of hydrogen-bond donors (Lipinski definition) is 1. The Morgan fingerprint density at radius 3 is 2.43 bits per heavy atom. The van der Waals surface area contributed by atoms with Gasteiger partial charge in [-0.1, -0.05) is 44.8 Å². The molecule has 0 aliphatic rings. The highest BCUT2D eigenvalue weighted by Crippen LogP contribution is 2.26. The van der Waals surface area contributed by atoms with Gasteiger partial charge in [-0.05, 0) is 20.3 Å². The summed E-state index contributed by atoms with van der Waals surface area (Å²) in [4.78, 5) is 11.0. The van der Waals surface area contributed by atoms with Crippen LogP contribution in [0, 0.1) is 5.41 Å². The second-order valence-electron chi connectivity index (χ2n) is 4.03. The number of aliphatic carboxylic acids is 1. The van der Waals surface area contributed by atoms with Gasteiger partial charge in [-0.25, -0.2) is 0 Å². The first-order chi connectivity index (χ1) is 6.56. The van der Waals surface area contributed by atoms with Crippen LogP contribution in [0.15, 0.2) is 12.2 Å². The first kappa shape index (κ1) is 13.2. The minimum absolute atomic E-state index is 0.664. The third kappa shape index (κ3) is 4.45. The van der Waals surface area contributed by atoms with Gasteiger partial charge in [0.25, 0.3) is 0 Å². The fourth-order valence-electron chi connectivity index (χ4n) is 1.55. The van der Waals surface area contributed by atoms with Gasteiger partial charge < -0.3 is 5.11 Å². The summed E-state index contributed by atoms with van der Waals surface area (Å²) >= 11 is 0. The molecule has 0 spiro atoms. The fourth-order valence-corrected chi connectivity index (χ4v) is 1.55. The number of hydrogen-bond acceptors (Lipinski definition) is 1. The molecule has 14 heavy (non-hydrogen) atoms. The Labute approximate surface area is 87.0 Å². The maximum Gasteiger partial charge on any atom is 0.313 e. The molecule has 0 aliphatic carbocycles. The van der Waals surface area contributed by atoms with Crippen LogP contribution in [0.2, 0.25) is 0 Å². The van der Waals surface area contributed by atoms with E-state index < -0.39 is 11.4 Å². The van der Waals surface area contributed by atoms with Crippen molar-refractivity contribution in [3.63, 3.8) is 0 Å². The van der Waals surface area contributed by atoms with Gasteiger partial charge in [0.2, 0.25) is 0 Å². The molecule has 0 radical (unpaired) electrons. The number of carboxylic acid groups (broad SMARTS) is 1. The normalized spacial score (nSPS) is 15.6. The first-order valence-corrected chi connectivity index (χ1v) is 5.44. The van der Waals surface area contributed by atoms with E-state index in [2.05, 4.69) is 6.92 Å². The van der Waals surface area contributed by atoms with Crippen molar-refractivity contribution >= 4 is 5.97 Å². The summed E-state index contributed by atoms with van der Waals surface area (Å²) in [6.07, 6.45) is 8.89. The van der Waals surface area contributed by atoms with E-state index in [1.54, 1.807) is 13.0 Å². The third-order valence-corrected chi connectivity index (χ3v) is 2.57. The van der Waals surface area contributed by atoms with Gasteiger partial charge in [0.15, 0.2) is 0 Å². The number of allylic oxidation sites excluding steroid dienone is 1. The summed E-state index contributed by atoms with van der Waals surface area (Å²) < 4.78 is 0. The van der Waals surface area contributed by atoms with Crippen molar-refractivity contribution in [3.05, 3.63) is 12.2 Å². The fraction of sp³-hybridized carbons (Fsp3) is 0.750. The molecule has 0 rings (SSSR count). The quantitative estimate of drug-likeness (QED) is 0.501. The molecule has 1 unspecified atom stereocenters. The van der Waals surface area contributed by atoms with Crippen LogP contribution in [0.4, 0.5) is 0 Å². The minimum atomic E-state index is -0.716. The Balaban J connectivity index is 4.04. The van der Waals surface area contributed by atoms with Crippen LogP contribution < -0.4 is 0 Å². The van der Waals surface area contributed by atoms with Crippen LogP contribution in [-0.4, -0.2) is 11.1 Å². The van der Waals surface area contributed by atoms with Crippen LogP contribution in [0.5, 0.6) is 0 Å². The Bertz CT molecular complexity index is 196. The molecule has 0 saturated heterocycles. The van der Waals surface area contributed by atoms with Crippen LogP contribution >= 0.6 is 0 Å². The van der Waals surface area contributed by atoms with Gasteiger partial charge in [0.1, 0.15) is 0 Å². The van der Waals surface area contributed by atoms with Gasteiger partial charge in [-0.3, -0.25) is 4.79 Å². The van der Waals surface area contributed by atoms with E-state index in [-0.39, 0.29) is 0 Å². The van der Waals surface area contributed by atoms with Crippen LogP contribution in [0.1, 0.15) is 52.9 Å². The predicted octanol–water partition coefficient (Wildman–Crippen LogP) is 3.62. The molecule has 1 atom stereocenters. The van der Waals surface area contributed by atoms with Crippen molar-refractivity contribution in [3.8, 4) is 0 Å². The van der Waals surface area contributed by atoms with Crippen LogP contribution in [-0.2, 0) is 4.79 Å².